The summed E-state index contributed by atoms with van der Waals surface area (Å²) in [6, 6.07) is 10.8. The monoisotopic (exact) mass is 295 g/mol. The zero-order chi connectivity index (χ0) is 15.5. The van der Waals surface area contributed by atoms with Crippen LogP contribution in [0.15, 0.2) is 42.5 Å². The van der Waals surface area contributed by atoms with Crippen LogP contribution in [-0.2, 0) is 12.7 Å². The van der Waals surface area contributed by atoms with Crippen LogP contribution in [-0.4, -0.2) is 7.11 Å². The smallest absolute Gasteiger partial charge is 0.416 e. The largest absolute Gasteiger partial charge is 0.497 e. The average Bonchev–Trinajstić information content (AvgIpc) is 2.45. The molecular weight excluding hydrogens is 279 g/mol. The highest BCUT2D eigenvalue weighted by Gasteiger charge is 2.30. The molecule has 1 N–H and O–H groups in total. The molecule has 0 bridgehead atoms. The van der Waals surface area contributed by atoms with E-state index in [0.29, 0.717) is 12.1 Å². The van der Waals surface area contributed by atoms with Gasteiger partial charge in [-0.15, -0.1) is 0 Å². The van der Waals surface area contributed by atoms with Crippen molar-refractivity contribution in [3.8, 4) is 5.75 Å². The van der Waals surface area contributed by atoms with E-state index in [9.17, 15) is 13.2 Å². The molecule has 0 aliphatic carbocycles. The second kappa shape index (κ2) is 6.08. The van der Waals surface area contributed by atoms with Crippen molar-refractivity contribution in [1.29, 1.82) is 0 Å². The molecule has 21 heavy (non-hydrogen) atoms. The summed E-state index contributed by atoms with van der Waals surface area (Å²) in [5.74, 6) is 0.747. The van der Waals surface area contributed by atoms with Gasteiger partial charge in [-0.1, -0.05) is 12.1 Å². The van der Waals surface area contributed by atoms with Gasteiger partial charge in [0.2, 0.25) is 0 Å². The fraction of sp³-hybridized carbons (Fsp3) is 0.250. The van der Waals surface area contributed by atoms with Gasteiger partial charge in [0.25, 0.3) is 0 Å². The Morgan fingerprint density at radius 3 is 2.48 bits per heavy atom. The number of rotatable bonds is 4. The molecule has 0 radical (unpaired) electrons. The molecule has 0 fully saturated rings. The van der Waals surface area contributed by atoms with E-state index in [1.807, 2.05) is 25.1 Å². The molecule has 0 spiro atoms. The van der Waals surface area contributed by atoms with E-state index < -0.39 is 11.7 Å². The first-order valence-corrected chi connectivity index (χ1v) is 6.45. The Hall–Kier alpha value is -2.17. The summed E-state index contributed by atoms with van der Waals surface area (Å²) < 4.78 is 43.0. The number of aryl methyl sites for hydroxylation is 1. The highest BCUT2D eigenvalue weighted by Crippen LogP contribution is 2.30. The summed E-state index contributed by atoms with van der Waals surface area (Å²) in [6.07, 6.45) is -4.31. The van der Waals surface area contributed by atoms with Gasteiger partial charge < -0.3 is 10.1 Å². The van der Waals surface area contributed by atoms with E-state index in [0.717, 1.165) is 29.1 Å². The highest BCUT2D eigenvalue weighted by molar-refractivity contribution is 5.53. The minimum absolute atomic E-state index is 0.330. The minimum Gasteiger partial charge on any atom is -0.497 e. The van der Waals surface area contributed by atoms with Crippen LogP contribution in [0.25, 0.3) is 0 Å². The van der Waals surface area contributed by atoms with Gasteiger partial charge in [0.05, 0.1) is 12.7 Å². The molecule has 0 amide bonds. The third-order valence-corrected chi connectivity index (χ3v) is 3.17. The van der Waals surface area contributed by atoms with Crippen LogP contribution < -0.4 is 10.1 Å². The first kappa shape index (κ1) is 15.2. The molecule has 0 aromatic heterocycles. The normalized spacial score (nSPS) is 11.3. The molecule has 0 aliphatic heterocycles. The Morgan fingerprint density at radius 1 is 1.10 bits per heavy atom. The Morgan fingerprint density at radius 2 is 1.86 bits per heavy atom. The molecule has 112 valence electrons. The number of anilines is 1. The fourth-order valence-corrected chi connectivity index (χ4v) is 2.02. The highest BCUT2D eigenvalue weighted by atomic mass is 19.4. The summed E-state index contributed by atoms with van der Waals surface area (Å²) in [5, 5.41) is 3.14. The molecule has 0 heterocycles. The van der Waals surface area contributed by atoms with Crippen LogP contribution in [0.3, 0.4) is 0 Å². The Bertz CT molecular complexity index is 623. The number of nitrogens with one attached hydrogen (secondary N) is 1. The van der Waals surface area contributed by atoms with Crippen molar-refractivity contribution >= 4 is 5.69 Å². The predicted molar refractivity (Wildman–Crippen MR) is 76.5 cm³/mol. The lowest BCUT2D eigenvalue weighted by Crippen LogP contribution is -2.07. The number of methoxy groups -OCH3 is 1. The van der Waals surface area contributed by atoms with Gasteiger partial charge in [-0.3, -0.25) is 0 Å². The van der Waals surface area contributed by atoms with Gasteiger partial charge in [0.1, 0.15) is 5.75 Å². The summed E-state index contributed by atoms with van der Waals surface area (Å²) in [5.41, 5.74) is 1.79. The molecule has 2 aromatic carbocycles. The van der Waals surface area contributed by atoms with Gasteiger partial charge in [0.15, 0.2) is 0 Å². The number of benzene rings is 2. The van der Waals surface area contributed by atoms with Crippen molar-refractivity contribution in [3.63, 3.8) is 0 Å². The van der Waals surface area contributed by atoms with Crippen molar-refractivity contribution < 1.29 is 17.9 Å². The molecule has 2 aromatic rings. The number of ether oxygens (including phenoxy) is 1. The first-order valence-electron chi connectivity index (χ1n) is 6.45. The number of hydrogen-bond donors (Lipinski definition) is 1. The van der Waals surface area contributed by atoms with Crippen molar-refractivity contribution in [2.24, 2.45) is 0 Å². The van der Waals surface area contributed by atoms with Crippen molar-refractivity contribution in [2.45, 2.75) is 19.6 Å². The minimum atomic E-state index is -4.31. The topological polar surface area (TPSA) is 21.3 Å². The Kier molecular flexibility index (Phi) is 4.40. The number of hydrogen-bond acceptors (Lipinski definition) is 2. The van der Waals surface area contributed by atoms with E-state index in [4.69, 9.17) is 4.74 Å². The first-order chi connectivity index (χ1) is 9.90. The van der Waals surface area contributed by atoms with E-state index in [-0.39, 0.29) is 0 Å². The van der Waals surface area contributed by atoms with Crippen LogP contribution in [0.5, 0.6) is 5.75 Å². The summed E-state index contributed by atoms with van der Waals surface area (Å²) in [7, 11) is 1.59. The van der Waals surface area contributed by atoms with Crippen molar-refractivity contribution in [2.75, 3.05) is 12.4 Å². The molecule has 5 heteroatoms. The van der Waals surface area contributed by atoms with E-state index in [1.54, 1.807) is 13.2 Å². The van der Waals surface area contributed by atoms with Crippen LogP contribution in [0.2, 0.25) is 0 Å². The molecule has 2 nitrogen and oxygen atoms in total. The standard InChI is InChI=1S/C16H16F3NO/c1-11-8-14(21-2)6-7-15(11)20-10-12-4-3-5-13(9-12)16(17,18)19/h3-9,20H,10H2,1-2H3. The molecular formula is C16H16F3NO. The van der Waals surface area contributed by atoms with E-state index in [1.165, 1.54) is 6.07 Å². The molecule has 0 atom stereocenters. The summed E-state index contributed by atoms with van der Waals surface area (Å²) in [6.45, 7) is 2.24. The van der Waals surface area contributed by atoms with Gasteiger partial charge >= 0.3 is 6.18 Å². The van der Waals surface area contributed by atoms with Gasteiger partial charge in [-0.05, 0) is 48.4 Å². The van der Waals surface area contributed by atoms with Gasteiger partial charge in [0, 0.05) is 12.2 Å². The van der Waals surface area contributed by atoms with Gasteiger partial charge in [-0.25, -0.2) is 0 Å². The third kappa shape index (κ3) is 3.90. The average molecular weight is 295 g/mol. The third-order valence-electron chi connectivity index (χ3n) is 3.17. The fourth-order valence-electron chi connectivity index (χ4n) is 2.02. The molecule has 0 saturated carbocycles. The Labute approximate surface area is 121 Å². The zero-order valence-electron chi connectivity index (χ0n) is 11.8. The maximum Gasteiger partial charge on any atom is 0.416 e. The summed E-state index contributed by atoms with van der Waals surface area (Å²) in [4.78, 5) is 0. The summed E-state index contributed by atoms with van der Waals surface area (Å²) >= 11 is 0. The molecule has 2 rings (SSSR count). The predicted octanol–water partition coefficient (Wildman–Crippen LogP) is 4.63. The second-order valence-corrected chi connectivity index (χ2v) is 4.73. The lowest BCUT2D eigenvalue weighted by atomic mass is 10.1. The lowest BCUT2D eigenvalue weighted by molar-refractivity contribution is -0.137. The number of alkyl halides is 3. The van der Waals surface area contributed by atoms with Crippen LogP contribution >= 0.6 is 0 Å². The Balaban J connectivity index is 2.10. The lowest BCUT2D eigenvalue weighted by Gasteiger charge is -2.12. The molecule has 0 aliphatic rings. The zero-order valence-corrected chi connectivity index (χ0v) is 11.8. The van der Waals surface area contributed by atoms with Gasteiger partial charge in [-0.2, -0.15) is 13.2 Å². The van der Waals surface area contributed by atoms with Crippen LogP contribution in [0.4, 0.5) is 18.9 Å². The molecule has 0 saturated heterocycles. The maximum absolute atomic E-state index is 12.6. The van der Waals surface area contributed by atoms with Crippen LogP contribution in [0.1, 0.15) is 16.7 Å². The van der Waals surface area contributed by atoms with Crippen LogP contribution in [0, 0.1) is 6.92 Å². The maximum atomic E-state index is 12.6. The SMILES string of the molecule is COc1ccc(NCc2cccc(C(F)(F)F)c2)c(C)c1. The van der Waals surface area contributed by atoms with Crippen molar-refractivity contribution in [3.05, 3.63) is 59.2 Å². The van der Waals surface area contributed by atoms with Crippen molar-refractivity contribution in [1.82, 2.24) is 0 Å². The van der Waals surface area contributed by atoms with E-state index >= 15 is 0 Å². The second-order valence-electron chi connectivity index (χ2n) is 4.73. The van der Waals surface area contributed by atoms with E-state index in [2.05, 4.69) is 5.32 Å². The number of halogens is 3. The quantitative estimate of drug-likeness (QED) is 0.887. The molecule has 0 unspecified atom stereocenters.